The SMILES string of the molecule is O=C(c1cncc2ccccc12)N(Cc1ccco1)c1ccccn1. The molecule has 0 fully saturated rings. The van der Waals surface area contributed by atoms with Crippen molar-refractivity contribution in [3.05, 3.63) is 90.8 Å². The van der Waals surface area contributed by atoms with Gasteiger partial charge in [-0.3, -0.25) is 14.7 Å². The van der Waals surface area contributed by atoms with Gasteiger partial charge in [-0.05, 0) is 29.7 Å². The topological polar surface area (TPSA) is 59.2 Å². The van der Waals surface area contributed by atoms with Crippen LogP contribution in [0.5, 0.6) is 0 Å². The lowest BCUT2D eigenvalue weighted by Crippen LogP contribution is -2.31. The lowest BCUT2D eigenvalue weighted by molar-refractivity contribution is 0.0983. The number of pyridine rings is 2. The second-order valence-electron chi connectivity index (χ2n) is 5.57. The lowest BCUT2D eigenvalue weighted by Gasteiger charge is -2.21. The summed E-state index contributed by atoms with van der Waals surface area (Å²) in [6.07, 6.45) is 6.61. The molecule has 4 rings (SSSR count). The quantitative estimate of drug-likeness (QED) is 0.566. The zero-order valence-electron chi connectivity index (χ0n) is 13.4. The molecule has 4 aromatic rings. The minimum atomic E-state index is -0.167. The van der Waals surface area contributed by atoms with E-state index in [-0.39, 0.29) is 5.91 Å². The number of benzene rings is 1. The standard InChI is InChI=1S/C20H15N3O2/c24-20(18-13-21-12-15-6-1-2-8-17(15)18)23(14-16-7-5-11-25-16)19-9-3-4-10-22-19/h1-13H,14H2. The fourth-order valence-corrected chi connectivity index (χ4v) is 2.76. The van der Waals surface area contributed by atoms with E-state index in [0.29, 0.717) is 23.7 Å². The minimum Gasteiger partial charge on any atom is -0.467 e. The number of rotatable bonds is 4. The summed E-state index contributed by atoms with van der Waals surface area (Å²) in [4.78, 5) is 23.4. The summed E-state index contributed by atoms with van der Waals surface area (Å²) >= 11 is 0. The van der Waals surface area contributed by atoms with Gasteiger partial charge in [-0.15, -0.1) is 0 Å². The van der Waals surface area contributed by atoms with Gasteiger partial charge in [-0.2, -0.15) is 0 Å². The van der Waals surface area contributed by atoms with Crippen LogP contribution in [0.25, 0.3) is 10.8 Å². The van der Waals surface area contributed by atoms with Crippen molar-refractivity contribution < 1.29 is 9.21 Å². The maximum absolute atomic E-state index is 13.3. The van der Waals surface area contributed by atoms with E-state index in [9.17, 15) is 4.79 Å². The zero-order chi connectivity index (χ0) is 17.1. The Morgan fingerprint density at radius 2 is 1.88 bits per heavy atom. The van der Waals surface area contributed by atoms with Crippen molar-refractivity contribution in [1.29, 1.82) is 0 Å². The van der Waals surface area contributed by atoms with Crippen LogP contribution in [0.3, 0.4) is 0 Å². The van der Waals surface area contributed by atoms with Crippen LogP contribution in [0.1, 0.15) is 16.1 Å². The summed E-state index contributed by atoms with van der Waals surface area (Å²) < 4.78 is 5.42. The van der Waals surface area contributed by atoms with E-state index in [1.807, 2.05) is 42.5 Å². The monoisotopic (exact) mass is 329 g/mol. The highest BCUT2D eigenvalue weighted by atomic mass is 16.3. The van der Waals surface area contributed by atoms with Crippen LogP contribution in [-0.4, -0.2) is 15.9 Å². The van der Waals surface area contributed by atoms with Crippen LogP contribution in [0.4, 0.5) is 5.82 Å². The van der Waals surface area contributed by atoms with Gasteiger partial charge in [0.05, 0.1) is 18.4 Å². The third-order valence-electron chi connectivity index (χ3n) is 3.96. The van der Waals surface area contributed by atoms with Crippen LogP contribution >= 0.6 is 0 Å². The summed E-state index contributed by atoms with van der Waals surface area (Å²) in [7, 11) is 0. The van der Waals surface area contributed by atoms with Crippen molar-refractivity contribution >= 4 is 22.5 Å². The Bertz CT molecular complexity index is 993. The molecule has 0 aliphatic heterocycles. The van der Waals surface area contributed by atoms with Gasteiger partial charge in [0.25, 0.3) is 5.91 Å². The van der Waals surface area contributed by atoms with Gasteiger partial charge in [0.1, 0.15) is 11.6 Å². The summed E-state index contributed by atoms with van der Waals surface area (Å²) in [5, 5.41) is 1.79. The fraction of sp³-hybridized carbons (Fsp3) is 0.0500. The number of carbonyl (C=O) groups excluding carboxylic acids is 1. The molecule has 3 heterocycles. The Balaban J connectivity index is 1.79. The number of furan rings is 1. The summed E-state index contributed by atoms with van der Waals surface area (Å²) in [6, 6.07) is 16.8. The van der Waals surface area contributed by atoms with Crippen LogP contribution in [0, 0.1) is 0 Å². The van der Waals surface area contributed by atoms with Gasteiger partial charge < -0.3 is 4.42 Å². The molecule has 0 saturated carbocycles. The minimum absolute atomic E-state index is 0.167. The van der Waals surface area contributed by atoms with Crippen molar-refractivity contribution in [2.45, 2.75) is 6.54 Å². The molecule has 0 spiro atoms. The van der Waals surface area contributed by atoms with Crippen LogP contribution < -0.4 is 4.90 Å². The van der Waals surface area contributed by atoms with E-state index >= 15 is 0 Å². The average Bonchev–Trinajstić information content (AvgIpc) is 3.19. The molecule has 122 valence electrons. The summed E-state index contributed by atoms with van der Waals surface area (Å²) in [6.45, 7) is 0.298. The lowest BCUT2D eigenvalue weighted by atomic mass is 10.1. The number of carbonyl (C=O) groups is 1. The van der Waals surface area contributed by atoms with Gasteiger partial charge in [0.15, 0.2) is 0 Å². The number of amides is 1. The van der Waals surface area contributed by atoms with Crippen molar-refractivity contribution in [2.24, 2.45) is 0 Å². The van der Waals surface area contributed by atoms with Gasteiger partial charge in [0.2, 0.25) is 0 Å². The maximum Gasteiger partial charge on any atom is 0.262 e. The second-order valence-corrected chi connectivity index (χ2v) is 5.57. The second kappa shape index (κ2) is 6.57. The number of aromatic nitrogens is 2. The predicted molar refractivity (Wildman–Crippen MR) is 95.2 cm³/mol. The highest BCUT2D eigenvalue weighted by molar-refractivity contribution is 6.13. The van der Waals surface area contributed by atoms with E-state index in [0.717, 1.165) is 10.8 Å². The first-order valence-electron chi connectivity index (χ1n) is 7.91. The van der Waals surface area contributed by atoms with Gasteiger partial charge in [0, 0.05) is 24.0 Å². The van der Waals surface area contributed by atoms with E-state index < -0.39 is 0 Å². The van der Waals surface area contributed by atoms with Crippen molar-refractivity contribution in [1.82, 2.24) is 9.97 Å². The molecular formula is C20H15N3O2. The summed E-state index contributed by atoms with van der Waals surface area (Å²) in [5.41, 5.74) is 0.537. The largest absolute Gasteiger partial charge is 0.467 e. The molecule has 5 heteroatoms. The Morgan fingerprint density at radius 1 is 1.00 bits per heavy atom. The Hall–Kier alpha value is -3.47. The smallest absolute Gasteiger partial charge is 0.262 e. The van der Waals surface area contributed by atoms with Crippen molar-refractivity contribution in [3.63, 3.8) is 0 Å². The third kappa shape index (κ3) is 2.99. The van der Waals surface area contributed by atoms with Crippen LogP contribution in [0.15, 0.2) is 83.9 Å². The first kappa shape index (κ1) is 15.1. The first-order valence-corrected chi connectivity index (χ1v) is 7.91. The third-order valence-corrected chi connectivity index (χ3v) is 3.96. The summed E-state index contributed by atoms with van der Waals surface area (Å²) in [5.74, 6) is 1.09. The number of hydrogen-bond acceptors (Lipinski definition) is 4. The van der Waals surface area contributed by atoms with E-state index in [1.54, 1.807) is 41.9 Å². The molecule has 0 N–H and O–H groups in total. The molecule has 1 aromatic carbocycles. The first-order chi connectivity index (χ1) is 12.3. The van der Waals surface area contributed by atoms with Crippen LogP contribution in [-0.2, 0) is 6.54 Å². The fourth-order valence-electron chi connectivity index (χ4n) is 2.76. The average molecular weight is 329 g/mol. The molecule has 0 aliphatic carbocycles. The number of nitrogens with zero attached hydrogens (tertiary/aromatic N) is 3. The number of anilines is 1. The molecule has 0 radical (unpaired) electrons. The number of hydrogen-bond donors (Lipinski definition) is 0. The normalized spacial score (nSPS) is 10.7. The van der Waals surface area contributed by atoms with Gasteiger partial charge in [-0.25, -0.2) is 4.98 Å². The molecule has 25 heavy (non-hydrogen) atoms. The zero-order valence-corrected chi connectivity index (χ0v) is 13.4. The highest BCUT2D eigenvalue weighted by Crippen LogP contribution is 2.23. The number of fused-ring (bicyclic) bond motifs is 1. The molecule has 0 unspecified atom stereocenters. The maximum atomic E-state index is 13.3. The van der Waals surface area contributed by atoms with E-state index in [1.165, 1.54) is 0 Å². The Morgan fingerprint density at radius 3 is 2.68 bits per heavy atom. The van der Waals surface area contributed by atoms with Gasteiger partial charge in [-0.1, -0.05) is 30.3 Å². The Labute approximate surface area is 144 Å². The molecular weight excluding hydrogens is 314 g/mol. The molecule has 0 aliphatic rings. The molecule has 1 amide bonds. The molecule has 3 aromatic heterocycles. The molecule has 0 atom stereocenters. The molecule has 0 bridgehead atoms. The van der Waals surface area contributed by atoms with Crippen LogP contribution in [0.2, 0.25) is 0 Å². The molecule has 5 nitrogen and oxygen atoms in total. The predicted octanol–water partition coefficient (Wildman–Crippen LogP) is 4.07. The van der Waals surface area contributed by atoms with E-state index in [4.69, 9.17) is 4.42 Å². The molecule has 0 saturated heterocycles. The Kier molecular flexibility index (Phi) is 3.96. The van der Waals surface area contributed by atoms with E-state index in [2.05, 4.69) is 9.97 Å². The van der Waals surface area contributed by atoms with Crippen molar-refractivity contribution in [3.8, 4) is 0 Å². The van der Waals surface area contributed by atoms with Crippen molar-refractivity contribution in [2.75, 3.05) is 4.90 Å². The highest BCUT2D eigenvalue weighted by Gasteiger charge is 2.22. The van der Waals surface area contributed by atoms with Gasteiger partial charge >= 0.3 is 0 Å².